The lowest BCUT2D eigenvalue weighted by molar-refractivity contribution is -0.129. The van der Waals surface area contributed by atoms with E-state index in [1.165, 1.54) is 36.7 Å². The van der Waals surface area contributed by atoms with Crippen LogP contribution in [0.4, 0.5) is 0 Å². The van der Waals surface area contributed by atoms with Gasteiger partial charge in [0.1, 0.15) is 0 Å². The van der Waals surface area contributed by atoms with Crippen molar-refractivity contribution in [1.29, 1.82) is 5.26 Å². The highest BCUT2D eigenvalue weighted by molar-refractivity contribution is 7.10. The maximum atomic E-state index is 11.7. The molecule has 0 radical (unpaired) electrons. The number of nitrogens with zero attached hydrogens (tertiary/aromatic N) is 1. The molecule has 0 amide bonds. The second-order valence-corrected chi connectivity index (χ2v) is 4.73. The van der Waals surface area contributed by atoms with Crippen molar-refractivity contribution in [1.82, 2.24) is 0 Å². The molecule has 5 heteroatoms. The van der Waals surface area contributed by atoms with Gasteiger partial charge in [0.25, 0.3) is 0 Å². The van der Waals surface area contributed by atoms with Crippen LogP contribution in [0.2, 0.25) is 0 Å². The second-order valence-electron chi connectivity index (χ2n) is 3.75. The van der Waals surface area contributed by atoms with E-state index in [9.17, 15) is 4.79 Å². The Balaban J connectivity index is 2.10. The van der Waals surface area contributed by atoms with E-state index >= 15 is 0 Å². The molecule has 0 aliphatic heterocycles. The number of nitriles is 1. The molecule has 2 aromatic rings. The molecule has 0 unspecified atom stereocenters. The van der Waals surface area contributed by atoms with E-state index in [1.807, 2.05) is 23.6 Å². The van der Waals surface area contributed by atoms with Crippen molar-refractivity contribution in [2.24, 2.45) is 0 Å². The monoisotopic (exact) mass is 285 g/mol. The van der Waals surface area contributed by atoms with Crippen LogP contribution in [-0.2, 0) is 4.79 Å². The van der Waals surface area contributed by atoms with E-state index in [2.05, 4.69) is 0 Å². The molecule has 1 heterocycles. The highest BCUT2D eigenvalue weighted by Crippen LogP contribution is 2.28. The number of carbonyl (C=O) groups is 1. The molecule has 4 nitrogen and oxygen atoms in total. The normalized spacial score (nSPS) is 10.2. The van der Waals surface area contributed by atoms with Gasteiger partial charge < -0.3 is 9.47 Å². The van der Waals surface area contributed by atoms with Gasteiger partial charge in [0.15, 0.2) is 11.5 Å². The molecule has 0 atom stereocenters. The summed E-state index contributed by atoms with van der Waals surface area (Å²) >= 11 is 1.53. The van der Waals surface area contributed by atoms with Gasteiger partial charge >= 0.3 is 5.97 Å². The minimum absolute atomic E-state index is 0.285. The van der Waals surface area contributed by atoms with E-state index in [-0.39, 0.29) is 5.75 Å². The van der Waals surface area contributed by atoms with Crippen LogP contribution in [0.1, 0.15) is 10.4 Å². The van der Waals surface area contributed by atoms with Crippen molar-refractivity contribution in [3.63, 3.8) is 0 Å². The first-order valence-corrected chi connectivity index (χ1v) is 6.62. The van der Waals surface area contributed by atoms with Gasteiger partial charge in [-0.3, -0.25) is 0 Å². The lowest BCUT2D eigenvalue weighted by Crippen LogP contribution is -2.05. The zero-order chi connectivity index (χ0) is 14.4. The van der Waals surface area contributed by atoms with Gasteiger partial charge in [-0.25, -0.2) is 4.79 Å². The maximum absolute atomic E-state index is 11.7. The Kier molecular flexibility index (Phi) is 4.53. The van der Waals surface area contributed by atoms with Crippen molar-refractivity contribution in [3.8, 4) is 17.6 Å². The second kappa shape index (κ2) is 6.55. The Morgan fingerprint density at radius 1 is 1.35 bits per heavy atom. The number of carbonyl (C=O) groups excluding carboxylic acids is 1. The van der Waals surface area contributed by atoms with Crippen molar-refractivity contribution in [2.45, 2.75) is 0 Å². The molecule has 0 aliphatic rings. The van der Waals surface area contributed by atoms with E-state index in [4.69, 9.17) is 14.7 Å². The van der Waals surface area contributed by atoms with Crippen molar-refractivity contribution >= 4 is 23.4 Å². The summed E-state index contributed by atoms with van der Waals surface area (Å²) in [4.78, 5) is 12.7. The summed E-state index contributed by atoms with van der Waals surface area (Å²) in [6, 6.07) is 10.4. The number of hydrogen-bond acceptors (Lipinski definition) is 5. The quantitative estimate of drug-likeness (QED) is 0.491. The topological polar surface area (TPSA) is 59.3 Å². The van der Waals surface area contributed by atoms with Crippen LogP contribution in [0.5, 0.6) is 11.5 Å². The Labute approximate surface area is 120 Å². The Morgan fingerprint density at radius 2 is 2.20 bits per heavy atom. The molecule has 1 aromatic carbocycles. The molecule has 0 saturated heterocycles. The van der Waals surface area contributed by atoms with E-state index in [1.54, 1.807) is 12.1 Å². The number of hydrogen-bond donors (Lipinski definition) is 0. The van der Waals surface area contributed by atoms with Gasteiger partial charge in [-0.2, -0.15) is 5.26 Å². The zero-order valence-electron chi connectivity index (χ0n) is 10.7. The van der Waals surface area contributed by atoms with Crippen LogP contribution in [-0.4, -0.2) is 13.1 Å². The van der Waals surface area contributed by atoms with E-state index < -0.39 is 5.97 Å². The van der Waals surface area contributed by atoms with Crippen molar-refractivity contribution < 1.29 is 14.3 Å². The van der Waals surface area contributed by atoms with Gasteiger partial charge in [-0.05, 0) is 29.7 Å². The summed E-state index contributed by atoms with van der Waals surface area (Å²) in [5, 5.41) is 10.7. The number of thiophene rings is 1. The van der Waals surface area contributed by atoms with Crippen LogP contribution in [0, 0.1) is 11.3 Å². The molecule has 100 valence electrons. The Hall–Kier alpha value is -2.58. The molecule has 0 bridgehead atoms. The SMILES string of the molecule is COc1cc(C#N)ccc1OC(=O)/C=C/c1cccs1. The van der Waals surface area contributed by atoms with Gasteiger partial charge in [0.2, 0.25) is 0 Å². The predicted molar refractivity (Wildman–Crippen MR) is 76.7 cm³/mol. The van der Waals surface area contributed by atoms with Crippen LogP contribution in [0.3, 0.4) is 0 Å². The van der Waals surface area contributed by atoms with Gasteiger partial charge in [0, 0.05) is 17.0 Å². The molecule has 0 N–H and O–H groups in total. The molecular formula is C15H11NO3S. The lowest BCUT2D eigenvalue weighted by Gasteiger charge is -2.07. The average Bonchev–Trinajstić information content (AvgIpc) is 2.99. The summed E-state index contributed by atoms with van der Waals surface area (Å²) in [5.41, 5.74) is 0.441. The molecule has 0 spiro atoms. The van der Waals surface area contributed by atoms with E-state index in [0.29, 0.717) is 11.3 Å². The third-order valence-corrected chi connectivity index (χ3v) is 3.27. The fourth-order valence-corrected chi connectivity index (χ4v) is 2.12. The van der Waals surface area contributed by atoms with Crippen LogP contribution in [0.15, 0.2) is 41.8 Å². The predicted octanol–water partition coefficient (Wildman–Crippen LogP) is 3.25. The largest absolute Gasteiger partial charge is 0.493 e. The van der Waals surface area contributed by atoms with Crippen molar-refractivity contribution in [2.75, 3.05) is 7.11 Å². The summed E-state index contributed by atoms with van der Waals surface area (Å²) in [7, 11) is 1.45. The first kappa shape index (κ1) is 13.8. The minimum Gasteiger partial charge on any atom is -0.493 e. The van der Waals surface area contributed by atoms with E-state index in [0.717, 1.165) is 4.88 Å². The number of esters is 1. The number of methoxy groups -OCH3 is 1. The molecular weight excluding hydrogens is 274 g/mol. The molecule has 20 heavy (non-hydrogen) atoms. The highest BCUT2D eigenvalue weighted by atomic mass is 32.1. The third-order valence-electron chi connectivity index (χ3n) is 2.43. The average molecular weight is 285 g/mol. The minimum atomic E-state index is -0.499. The van der Waals surface area contributed by atoms with Crippen LogP contribution >= 0.6 is 11.3 Å². The van der Waals surface area contributed by atoms with Gasteiger partial charge in [-0.1, -0.05) is 6.07 Å². The molecule has 0 saturated carbocycles. The summed E-state index contributed by atoms with van der Waals surface area (Å²) in [5.74, 6) is 0.135. The third kappa shape index (κ3) is 3.46. The summed E-state index contributed by atoms with van der Waals surface area (Å²) in [6.45, 7) is 0. The highest BCUT2D eigenvalue weighted by Gasteiger charge is 2.08. The molecule has 1 aromatic heterocycles. The van der Waals surface area contributed by atoms with Crippen LogP contribution < -0.4 is 9.47 Å². The number of rotatable bonds is 4. The van der Waals surface area contributed by atoms with Gasteiger partial charge in [-0.15, -0.1) is 11.3 Å². The Morgan fingerprint density at radius 3 is 2.85 bits per heavy atom. The Bertz CT molecular complexity index is 669. The van der Waals surface area contributed by atoms with Crippen molar-refractivity contribution in [3.05, 3.63) is 52.2 Å². The zero-order valence-corrected chi connectivity index (χ0v) is 11.5. The van der Waals surface area contributed by atoms with Crippen LogP contribution in [0.25, 0.3) is 6.08 Å². The summed E-state index contributed by atoms with van der Waals surface area (Å²) in [6.07, 6.45) is 3.03. The molecule has 0 aliphatic carbocycles. The fraction of sp³-hybridized carbons (Fsp3) is 0.0667. The number of ether oxygens (including phenoxy) is 2. The first-order valence-electron chi connectivity index (χ1n) is 5.74. The standard InChI is InChI=1S/C15H11NO3S/c1-18-14-9-11(10-16)4-6-13(14)19-15(17)7-5-12-3-2-8-20-12/h2-9H,1H3/b7-5+. The summed E-state index contributed by atoms with van der Waals surface area (Å²) < 4.78 is 10.3. The van der Waals surface area contributed by atoms with Gasteiger partial charge in [0.05, 0.1) is 18.7 Å². The maximum Gasteiger partial charge on any atom is 0.336 e. The number of benzene rings is 1. The lowest BCUT2D eigenvalue weighted by atomic mass is 10.2. The smallest absolute Gasteiger partial charge is 0.336 e. The molecule has 2 rings (SSSR count). The first-order chi connectivity index (χ1) is 9.72. The fourth-order valence-electron chi connectivity index (χ4n) is 1.50. The molecule has 0 fully saturated rings.